The monoisotopic (exact) mass is 333 g/mol. The van der Waals surface area contributed by atoms with Crippen LogP contribution < -0.4 is 15.5 Å². The van der Waals surface area contributed by atoms with E-state index in [4.69, 9.17) is 5.11 Å². The first-order valence-electron chi connectivity index (χ1n) is 7.22. The zero-order valence-corrected chi connectivity index (χ0v) is 13.4. The molecule has 0 aromatic heterocycles. The molecule has 3 N–H and O–H groups in total. The van der Waals surface area contributed by atoms with Gasteiger partial charge in [-0.2, -0.15) is 13.2 Å². The number of aliphatic hydroxyl groups is 1. The lowest BCUT2D eigenvalue weighted by Gasteiger charge is -2.21. The molecule has 1 unspecified atom stereocenters. The van der Waals surface area contributed by atoms with Crippen molar-refractivity contribution in [3.63, 3.8) is 0 Å². The average molecular weight is 333 g/mol. The van der Waals surface area contributed by atoms with Crippen LogP contribution in [-0.2, 0) is 6.18 Å². The second-order valence-electron chi connectivity index (χ2n) is 5.49. The molecular formula is C15H22F3N3O2. The highest BCUT2D eigenvalue weighted by Gasteiger charge is 2.31. The van der Waals surface area contributed by atoms with Crippen molar-refractivity contribution < 1.29 is 23.1 Å². The molecule has 0 fully saturated rings. The molecule has 1 atom stereocenters. The lowest BCUT2D eigenvalue weighted by Crippen LogP contribution is -2.36. The van der Waals surface area contributed by atoms with Crippen molar-refractivity contribution in [2.45, 2.75) is 32.0 Å². The van der Waals surface area contributed by atoms with E-state index in [0.717, 1.165) is 12.1 Å². The van der Waals surface area contributed by atoms with Crippen LogP contribution in [0.4, 0.5) is 29.3 Å². The number of anilines is 2. The summed E-state index contributed by atoms with van der Waals surface area (Å²) in [5.74, 6) is 0. The fraction of sp³-hybridized carbons (Fsp3) is 0.533. The molecule has 0 aliphatic heterocycles. The predicted octanol–water partition coefficient (Wildman–Crippen LogP) is 3.05. The number of halogens is 3. The van der Waals surface area contributed by atoms with E-state index in [-0.39, 0.29) is 18.3 Å². The maximum atomic E-state index is 12.8. The largest absolute Gasteiger partial charge is 0.416 e. The minimum absolute atomic E-state index is 0.0199. The summed E-state index contributed by atoms with van der Waals surface area (Å²) in [6.45, 7) is 1.78. The molecule has 8 heteroatoms. The van der Waals surface area contributed by atoms with Gasteiger partial charge in [-0.3, -0.25) is 0 Å². The molecule has 0 spiro atoms. The maximum Gasteiger partial charge on any atom is 0.416 e. The molecule has 1 rings (SSSR count). The summed E-state index contributed by atoms with van der Waals surface area (Å²) in [5.41, 5.74) is -0.278. The van der Waals surface area contributed by atoms with Gasteiger partial charge in [-0.05, 0) is 38.0 Å². The summed E-state index contributed by atoms with van der Waals surface area (Å²) in [6.07, 6.45) is -3.37. The lowest BCUT2D eigenvalue weighted by atomic mass is 10.1. The summed E-state index contributed by atoms with van der Waals surface area (Å²) in [7, 11) is 3.35. The van der Waals surface area contributed by atoms with Crippen molar-refractivity contribution in [3.8, 4) is 0 Å². The van der Waals surface area contributed by atoms with Gasteiger partial charge in [0, 0.05) is 26.7 Å². The SMILES string of the molecule is CC(CCCO)NC(=O)Nc1cc(C(F)(F)F)ccc1N(C)C. The quantitative estimate of drug-likeness (QED) is 0.750. The molecule has 0 saturated heterocycles. The van der Waals surface area contributed by atoms with Crippen molar-refractivity contribution in [1.82, 2.24) is 5.32 Å². The fourth-order valence-corrected chi connectivity index (χ4v) is 2.05. The van der Waals surface area contributed by atoms with Gasteiger partial charge in [-0.1, -0.05) is 0 Å². The number of nitrogens with zero attached hydrogens (tertiary/aromatic N) is 1. The Bertz CT molecular complexity index is 533. The Kier molecular flexibility index (Phi) is 6.68. The van der Waals surface area contributed by atoms with Crippen molar-refractivity contribution in [1.29, 1.82) is 0 Å². The Hall–Kier alpha value is -1.96. The zero-order valence-electron chi connectivity index (χ0n) is 13.4. The van der Waals surface area contributed by atoms with E-state index in [1.807, 2.05) is 0 Å². The minimum Gasteiger partial charge on any atom is -0.396 e. The van der Waals surface area contributed by atoms with Crippen LogP contribution >= 0.6 is 0 Å². The second kappa shape index (κ2) is 8.05. The molecule has 0 bridgehead atoms. The molecule has 5 nitrogen and oxygen atoms in total. The highest BCUT2D eigenvalue weighted by atomic mass is 19.4. The summed E-state index contributed by atoms with van der Waals surface area (Å²) in [5, 5.41) is 13.8. The maximum absolute atomic E-state index is 12.8. The van der Waals surface area contributed by atoms with E-state index in [9.17, 15) is 18.0 Å². The third-order valence-corrected chi connectivity index (χ3v) is 3.23. The standard InChI is InChI=1S/C15H22F3N3O2/c1-10(5-4-8-22)19-14(23)20-12-9-11(15(16,17)18)6-7-13(12)21(2)3/h6-7,9-10,22H,4-5,8H2,1-3H3,(H2,19,20,23). The van der Waals surface area contributed by atoms with Gasteiger partial charge in [0.25, 0.3) is 0 Å². The lowest BCUT2D eigenvalue weighted by molar-refractivity contribution is -0.137. The van der Waals surface area contributed by atoms with Crippen LogP contribution in [0.15, 0.2) is 18.2 Å². The van der Waals surface area contributed by atoms with Crippen LogP contribution in [0.3, 0.4) is 0 Å². The van der Waals surface area contributed by atoms with Crippen LogP contribution in [0.25, 0.3) is 0 Å². The Morgan fingerprint density at radius 2 is 2.00 bits per heavy atom. The average Bonchev–Trinajstić information content (AvgIpc) is 2.43. The van der Waals surface area contributed by atoms with Crippen LogP contribution in [0.2, 0.25) is 0 Å². The molecular weight excluding hydrogens is 311 g/mol. The Balaban J connectivity index is 2.90. The first-order valence-corrected chi connectivity index (χ1v) is 7.22. The molecule has 0 radical (unpaired) electrons. The van der Waals surface area contributed by atoms with E-state index >= 15 is 0 Å². The molecule has 1 aromatic rings. The van der Waals surface area contributed by atoms with Gasteiger partial charge in [-0.15, -0.1) is 0 Å². The predicted molar refractivity (Wildman–Crippen MR) is 83.7 cm³/mol. The smallest absolute Gasteiger partial charge is 0.396 e. The van der Waals surface area contributed by atoms with E-state index < -0.39 is 17.8 Å². The highest BCUT2D eigenvalue weighted by Crippen LogP contribution is 2.34. The van der Waals surface area contributed by atoms with E-state index in [1.54, 1.807) is 25.9 Å². The topological polar surface area (TPSA) is 64.6 Å². The number of amides is 2. The summed E-state index contributed by atoms with van der Waals surface area (Å²) >= 11 is 0. The van der Waals surface area contributed by atoms with Crippen molar-refractivity contribution in [2.75, 3.05) is 30.9 Å². The number of carbonyl (C=O) groups excluding carboxylic acids is 1. The summed E-state index contributed by atoms with van der Waals surface area (Å²) in [4.78, 5) is 13.6. The van der Waals surface area contributed by atoms with Crippen LogP contribution in [-0.4, -0.2) is 37.9 Å². The molecule has 0 aliphatic carbocycles. The number of carbonyl (C=O) groups is 1. The van der Waals surface area contributed by atoms with Gasteiger partial charge in [0.1, 0.15) is 0 Å². The first kappa shape index (κ1) is 19.1. The van der Waals surface area contributed by atoms with Crippen LogP contribution in [0.5, 0.6) is 0 Å². The third-order valence-electron chi connectivity index (χ3n) is 3.23. The van der Waals surface area contributed by atoms with Gasteiger partial charge >= 0.3 is 12.2 Å². The van der Waals surface area contributed by atoms with Gasteiger partial charge in [0.2, 0.25) is 0 Å². The molecule has 2 amide bonds. The Morgan fingerprint density at radius 3 is 2.52 bits per heavy atom. The van der Waals surface area contributed by atoms with Crippen molar-refractivity contribution in [3.05, 3.63) is 23.8 Å². The summed E-state index contributed by atoms with van der Waals surface area (Å²) < 4.78 is 38.5. The molecule has 0 aliphatic rings. The van der Waals surface area contributed by atoms with Gasteiger partial charge < -0.3 is 20.6 Å². The number of hydrogen-bond acceptors (Lipinski definition) is 3. The third kappa shape index (κ3) is 5.97. The molecule has 0 saturated carbocycles. The first-order chi connectivity index (χ1) is 10.6. The van der Waals surface area contributed by atoms with Gasteiger partial charge in [-0.25, -0.2) is 4.79 Å². The zero-order chi connectivity index (χ0) is 17.6. The van der Waals surface area contributed by atoms with Gasteiger partial charge in [0.15, 0.2) is 0 Å². The highest BCUT2D eigenvalue weighted by molar-refractivity contribution is 5.93. The second-order valence-corrected chi connectivity index (χ2v) is 5.49. The Labute approximate surface area is 133 Å². The number of hydrogen-bond donors (Lipinski definition) is 3. The number of nitrogens with one attached hydrogen (secondary N) is 2. The van der Waals surface area contributed by atoms with E-state index in [2.05, 4.69) is 10.6 Å². The number of aliphatic hydroxyl groups excluding tert-OH is 1. The van der Waals surface area contributed by atoms with Crippen LogP contribution in [0, 0.1) is 0 Å². The van der Waals surface area contributed by atoms with Crippen molar-refractivity contribution in [2.24, 2.45) is 0 Å². The molecule has 1 aromatic carbocycles. The molecule has 130 valence electrons. The fourth-order valence-electron chi connectivity index (χ4n) is 2.05. The number of rotatable bonds is 6. The number of benzene rings is 1. The van der Waals surface area contributed by atoms with Gasteiger partial charge in [0.05, 0.1) is 16.9 Å². The van der Waals surface area contributed by atoms with E-state index in [0.29, 0.717) is 18.5 Å². The number of alkyl halides is 3. The van der Waals surface area contributed by atoms with E-state index in [1.165, 1.54) is 6.07 Å². The normalized spacial score (nSPS) is 12.7. The van der Waals surface area contributed by atoms with Crippen molar-refractivity contribution >= 4 is 17.4 Å². The van der Waals surface area contributed by atoms with Crippen LogP contribution in [0.1, 0.15) is 25.3 Å². The minimum atomic E-state index is -4.48. The molecule has 0 heterocycles. The number of urea groups is 1. The summed E-state index contributed by atoms with van der Waals surface area (Å²) in [6, 6.07) is 2.41. The Morgan fingerprint density at radius 1 is 1.35 bits per heavy atom. The molecule has 23 heavy (non-hydrogen) atoms.